The third-order valence-electron chi connectivity index (χ3n) is 6.40. The van der Waals surface area contributed by atoms with Gasteiger partial charge in [-0.25, -0.2) is 0 Å². The minimum absolute atomic E-state index is 0.184. The number of amides is 1. The largest absolute Gasteiger partial charge is 0.368 e. The second kappa shape index (κ2) is 9.38. The highest BCUT2D eigenvalue weighted by Gasteiger charge is 2.24. The van der Waals surface area contributed by atoms with Crippen molar-refractivity contribution in [3.8, 4) is 11.8 Å². The van der Waals surface area contributed by atoms with E-state index in [1.54, 1.807) is 11.0 Å². The van der Waals surface area contributed by atoms with Crippen LogP contribution in [0.1, 0.15) is 28.1 Å². The van der Waals surface area contributed by atoms with Gasteiger partial charge in [0.1, 0.15) is 11.6 Å². The van der Waals surface area contributed by atoms with Crippen molar-refractivity contribution in [1.29, 1.82) is 5.26 Å². The first-order chi connectivity index (χ1) is 15.9. The molecule has 1 aliphatic heterocycles. The van der Waals surface area contributed by atoms with Crippen LogP contribution in [0.15, 0.2) is 60.2 Å². The molecule has 0 unspecified atom stereocenters. The Kier molecular flexibility index (Phi) is 6.37. The lowest BCUT2D eigenvalue weighted by Gasteiger charge is -2.36. The molecule has 1 amide bonds. The molecule has 0 spiro atoms. The number of hydrogen-bond acceptors (Lipinski definition) is 3. The van der Waals surface area contributed by atoms with Gasteiger partial charge in [-0.15, -0.1) is 0 Å². The Balaban J connectivity index is 1.55. The average Bonchev–Trinajstić information content (AvgIpc) is 3.10. The highest BCUT2D eigenvalue weighted by molar-refractivity contribution is 6.02. The molecule has 5 heteroatoms. The number of carbonyl (C=O) groups is 1. The normalized spacial score (nSPS) is 14.3. The molecular formula is C28H30N4O. The van der Waals surface area contributed by atoms with Gasteiger partial charge in [0.2, 0.25) is 0 Å². The molecule has 0 aliphatic carbocycles. The van der Waals surface area contributed by atoms with Gasteiger partial charge in [0, 0.05) is 48.9 Å². The number of hydrogen-bond donors (Lipinski definition) is 0. The predicted octanol–water partition coefficient (Wildman–Crippen LogP) is 4.97. The fraction of sp³-hybridized carbons (Fsp3) is 0.286. The minimum Gasteiger partial charge on any atom is -0.368 e. The van der Waals surface area contributed by atoms with E-state index in [-0.39, 0.29) is 11.5 Å². The number of benzene rings is 2. The zero-order chi connectivity index (χ0) is 23.5. The molecule has 0 bridgehead atoms. The second-order valence-corrected chi connectivity index (χ2v) is 8.74. The van der Waals surface area contributed by atoms with Crippen molar-refractivity contribution in [1.82, 2.24) is 9.47 Å². The third kappa shape index (κ3) is 4.56. The van der Waals surface area contributed by atoms with E-state index in [0.29, 0.717) is 13.1 Å². The molecule has 1 saturated heterocycles. The lowest BCUT2D eigenvalue weighted by Crippen LogP contribution is -2.49. The fourth-order valence-corrected chi connectivity index (χ4v) is 4.63. The van der Waals surface area contributed by atoms with Crippen LogP contribution in [-0.4, -0.2) is 41.6 Å². The van der Waals surface area contributed by atoms with E-state index in [1.807, 2.05) is 31.2 Å². The summed E-state index contributed by atoms with van der Waals surface area (Å²) in [5.41, 5.74) is 7.89. The van der Waals surface area contributed by atoms with Gasteiger partial charge in [0.25, 0.3) is 5.91 Å². The smallest absolute Gasteiger partial charge is 0.264 e. The number of nitriles is 1. The average molecular weight is 439 g/mol. The topological polar surface area (TPSA) is 52.3 Å². The van der Waals surface area contributed by atoms with Crippen LogP contribution in [0.5, 0.6) is 0 Å². The van der Waals surface area contributed by atoms with Crippen LogP contribution in [0, 0.1) is 39.0 Å². The maximum Gasteiger partial charge on any atom is 0.264 e. The molecule has 3 aromatic rings. The van der Waals surface area contributed by atoms with Crippen LogP contribution in [-0.2, 0) is 4.79 Å². The number of rotatable bonds is 4. The molecule has 2 aromatic carbocycles. The highest BCUT2D eigenvalue weighted by Crippen LogP contribution is 2.26. The number of aromatic nitrogens is 1. The Labute approximate surface area is 196 Å². The van der Waals surface area contributed by atoms with Gasteiger partial charge in [-0.2, -0.15) is 5.26 Å². The summed E-state index contributed by atoms with van der Waals surface area (Å²) in [4.78, 5) is 17.2. The second-order valence-electron chi connectivity index (χ2n) is 8.74. The lowest BCUT2D eigenvalue weighted by atomic mass is 10.1. The van der Waals surface area contributed by atoms with Crippen molar-refractivity contribution in [3.63, 3.8) is 0 Å². The van der Waals surface area contributed by atoms with Gasteiger partial charge in [-0.05, 0) is 69.2 Å². The van der Waals surface area contributed by atoms with Gasteiger partial charge in [-0.1, -0.05) is 35.9 Å². The summed E-state index contributed by atoms with van der Waals surface area (Å²) in [6.07, 6.45) is 1.74. The van der Waals surface area contributed by atoms with E-state index in [0.717, 1.165) is 35.7 Å². The van der Waals surface area contributed by atoms with Crippen molar-refractivity contribution in [3.05, 3.63) is 88.2 Å². The van der Waals surface area contributed by atoms with Crippen LogP contribution < -0.4 is 4.90 Å². The molecule has 1 aromatic heterocycles. The summed E-state index contributed by atoms with van der Waals surface area (Å²) >= 11 is 0. The zero-order valence-corrected chi connectivity index (χ0v) is 19.8. The Morgan fingerprint density at radius 3 is 2.27 bits per heavy atom. The summed E-state index contributed by atoms with van der Waals surface area (Å²) in [6, 6.07) is 20.8. The first kappa shape index (κ1) is 22.4. The molecule has 5 nitrogen and oxygen atoms in total. The van der Waals surface area contributed by atoms with Crippen LogP contribution in [0.4, 0.5) is 5.69 Å². The first-order valence-electron chi connectivity index (χ1n) is 11.4. The van der Waals surface area contributed by atoms with E-state index >= 15 is 0 Å². The molecule has 2 heterocycles. The number of piperazine rings is 1. The molecule has 1 fully saturated rings. The van der Waals surface area contributed by atoms with Gasteiger partial charge in [-0.3, -0.25) is 4.79 Å². The number of carbonyl (C=O) groups excluding carboxylic acids is 1. The number of para-hydroxylation sites is 1. The Morgan fingerprint density at radius 1 is 0.939 bits per heavy atom. The fourth-order valence-electron chi connectivity index (χ4n) is 4.63. The van der Waals surface area contributed by atoms with Gasteiger partial charge < -0.3 is 14.4 Å². The maximum atomic E-state index is 13.2. The van der Waals surface area contributed by atoms with E-state index in [2.05, 4.69) is 66.6 Å². The summed E-state index contributed by atoms with van der Waals surface area (Å²) < 4.78 is 2.19. The van der Waals surface area contributed by atoms with Crippen molar-refractivity contribution >= 4 is 17.7 Å². The summed E-state index contributed by atoms with van der Waals surface area (Å²) in [5.74, 6) is -0.193. The van der Waals surface area contributed by atoms with Crippen LogP contribution in [0.2, 0.25) is 0 Å². The van der Waals surface area contributed by atoms with Gasteiger partial charge in [0.15, 0.2) is 0 Å². The van der Waals surface area contributed by atoms with Crippen molar-refractivity contribution in [2.24, 2.45) is 0 Å². The summed E-state index contributed by atoms with van der Waals surface area (Å²) in [5, 5.41) is 9.79. The number of anilines is 1. The van der Waals surface area contributed by atoms with E-state index in [9.17, 15) is 10.1 Å². The summed E-state index contributed by atoms with van der Waals surface area (Å²) in [7, 11) is 0. The maximum absolute atomic E-state index is 13.2. The van der Waals surface area contributed by atoms with Crippen LogP contribution in [0.25, 0.3) is 11.8 Å². The van der Waals surface area contributed by atoms with Crippen molar-refractivity contribution in [2.45, 2.75) is 27.7 Å². The quantitative estimate of drug-likeness (QED) is 0.427. The SMILES string of the molecule is Cc1ccc(-n2c(C)cc(/C=C(/C#N)C(=O)N3CCN(c4ccccc4)CC3)c2C)c(C)c1. The van der Waals surface area contributed by atoms with E-state index in [1.165, 1.54) is 16.8 Å². The predicted molar refractivity (Wildman–Crippen MR) is 134 cm³/mol. The summed E-state index contributed by atoms with van der Waals surface area (Å²) in [6.45, 7) is 11.0. The van der Waals surface area contributed by atoms with Crippen molar-refractivity contribution in [2.75, 3.05) is 31.1 Å². The lowest BCUT2D eigenvalue weighted by molar-refractivity contribution is -0.126. The Hall–Kier alpha value is -3.78. The molecule has 1 aliphatic rings. The molecule has 0 N–H and O–H groups in total. The molecular weight excluding hydrogens is 408 g/mol. The van der Waals surface area contributed by atoms with Crippen molar-refractivity contribution < 1.29 is 4.79 Å². The number of aryl methyl sites for hydroxylation is 3. The molecule has 0 atom stereocenters. The van der Waals surface area contributed by atoms with Gasteiger partial charge >= 0.3 is 0 Å². The van der Waals surface area contributed by atoms with Crippen LogP contribution >= 0.6 is 0 Å². The van der Waals surface area contributed by atoms with E-state index < -0.39 is 0 Å². The Bertz CT molecular complexity index is 1240. The standard InChI is InChI=1S/C28H30N4O/c1-20-10-11-27(21(2)16-20)32-22(3)17-24(23(32)4)18-25(19-29)28(33)31-14-12-30(13-15-31)26-8-6-5-7-9-26/h5-11,16-18H,12-15H2,1-4H3/b25-18-. The Morgan fingerprint density at radius 2 is 1.64 bits per heavy atom. The minimum atomic E-state index is -0.193. The zero-order valence-electron chi connectivity index (χ0n) is 19.8. The highest BCUT2D eigenvalue weighted by atomic mass is 16.2. The first-order valence-corrected chi connectivity index (χ1v) is 11.4. The molecule has 0 saturated carbocycles. The molecule has 33 heavy (non-hydrogen) atoms. The number of nitrogens with zero attached hydrogens (tertiary/aromatic N) is 4. The monoisotopic (exact) mass is 438 g/mol. The molecule has 4 rings (SSSR count). The van der Waals surface area contributed by atoms with Gasteiger partial charge in [0.05, 0.1) is 0 Å². The van der Waals surface area contributed by atoms with E-state index in [4.69, 9.17) is 0 Å². The molecule has 0 radical (unpaired) electrons. The van der Waals surface area contributed by atoms with Crippen LogP contribution in [0.3, 0.4) is 0 Å². The third-order valence-corrected chi connectivity index (χ3v) is 6.40. The molecule has 168 valence electrons.